The van der Waals surface area contributed by atoms with Gasteiger partial charge in [0.2, 0.25) is 0 Å². The Balaban J connectivity index is 2.41. The van der Waals surface area contributed by atoms with Crippen molar-refractivity contribution >= 4 is 5.69 Å². The molecule has 0 aliphatic carbocycles. The molecule has 1 aromatic carbocycles. The standard InChI is InChI=1S/C10H11NO2/c11-9-3-5-10(6-4-9)13-8-2-1-7-12/h3-6,12H,7-8,11H2. The molecule has 0 heterocycles. The van der Waals surface area contributed by atoms with Crippen LogP contribution in [-0.2, 0) is 0 Å². The molecular weight excluding hydrogens is 166 g/mol. The zero-order valence-corrected chi connectivity index (χ0v) is 7.16. The summed E-state index contributed by atoms with van der Waals surface area (Å²) in [5.41, 5.74) is 6.19. The Morgan fingerprint density at radius 1 is 1.23 bits per heavy atom. The van der Waals surface area contributed by atoms with Crippen molar-refractivity contribution in [1.82, 2.24) is 0 Å². The van der Waals surface area contributed by atoms with Gasteiger partial charge in [-0.05, 0) is 24.3 Å². The van der Waals surface area contributed by atoms with E-state index in [-0.39, 0.29) is 13.2 Å². The van der Waals surface area contributed by atoms with Crippen LogP contribution in [0.5, 0.6) is 5.75 Å². The van der Waals surface area contributed by atoms with Crippen molar-refractivity contribution in [3.63, 3.8) is 0 Å². The van der Waals surface area contributed by atoms with Crippen molar-refractivity contribution in [2.45, 2.75) is 0 Å². The van der Waals surface area contributed by atoms with E-state index in [9.17, 15) is 0 Å². The maximum absolute atomic E-state index is 8.35. The summed E-state index contributed by atoms with van der Waals surface area (Å²) in [6.45, 7) is 0.148. The van der Waals surface area contributed by atoms with Crippen molar-refractivity contribution in [2.24, 2.45) is 0 Å². The molecule has 0 bridgehead atoms. The molecular formula is C10H11NO2. The Kier molecular flexibility index (Phi) is 3.68. The molecule has 0 fully saturated rings. The van der Waals surface area contributed by atoms with Crippen LogP contribution in [0.1, 0.15) is 0 Å². The highest BCUT2D eigenvalue weighted by Crippen LogP contribution is 2.12. The largest absolute Gasteiger partial charge is 0.481 e. The van der Waals surface area contributed by atoms with Crippen LogP contribution in [0.2, 0.25) is 0 Å². The molecule has 0 unspecified atom stereocenters. The van der Waals surface area contributed by atoms with E-state index in [0.717, 1.165) is 5.75 Å². The second-order valence-electron chi connectivity index (χ2n) is 2.37. The molecule has 0 amide bonds. The summed E-state index contributed by atoms with van der Waals surface area (Å²) in [7, 11) is 0. The number of ether oxygens (including phenoxy) is 1. The van der Waals surface area contributed by atoms with E-state index < -0.39 is 0 Å². The smallest absolute Gasteiger partial charge is 0.149 e. The molecule has 1 rings (SSSR count). The lowest BCUT2D eigenvalue weighted by Gasteiger charge is -2.00. The minimum absolute atomic E-state index is 0.134. The van der Waals surface area contributed by atoms with Crippen molar-refractivity contribution in [2.75, 3.05) is 18.9 Å². The zero-order chi connectivity index (χ0) is 9.52. The van der Waals surface area contributed by atoms with Gasteiger partial charge < -0.3 is 15.6 Å². The molecule has 0 radical (unpaired) electrons. The van der Waals surface area contributed by atoms with Gasteiger partial charge in [0.05, 0.1) is 0 Å². The Hall–Kier alpha value is -1.66. The van der Waals surface area contributed by atoms with Gasteiger partial charge in [0, 0.05) is 5.69 Å². The van der Waals surface area contributed by atoms with Gasteiger partial charge in [0.15, 0.2) is 0 Å². The molecule has 0 aliphatic rings. The van der Waals surface area contributed by atoms with Crippen molar-refractivity contribution in [3.05, 3.63) is 24.3 Å². The number of benzene rings is 1. The summed E-state index contributed by atoms with van der Waals surface area (Å²) < 4.78 is 5.22. The van der Waals surface area contributed by atoms with Gasteiger partial charge in [-0.3, -0.25) is 0 Å². The summed E-state index contributed by atoms with van der Waals surface area (Å²) in [6.07, 6.45) is 0. The summed E-state index contributed by atoms with van der Waals surface area (Å²) in [6, 6.07) is 7.07. The highest BCUT2D eigenvalue weighted by Gasteiger charge is 1.89. The molecule has 0 saturated heterocycles. The monoisotopic (exact) mass is 177 g/mol. The Morgan fingerprint density at radius 2 is 1.92 bits per heavy atom. The lowest BCUT2D eigenvalue weighted by atomic mass is 10.3. The molecule has 0 atom stereocenters. The van der Waals surface area contributed by atoms with Gasteiger partial charge in [0.1, 0.15) is 19.0 Å². The van der Waals surface area contributed by atoms with Crippen molar-refractivity contribution in [1.29, 1.82) is 0 Å². The second-order valence-corrected chi connectivity index (χ2v) is 2.37. The molecule has 3 heteroatoms. The lowest BCUT2D eigenvalue weighted by Crippen LogP contribution is -1.94. The lowest BCUT2D eigenvalue weighted by molar-refractivity contribution is 0.347. The van der Waals surface area contributed by atoms with Gasteiger partial charge >= 0.3 is 0 Å². The quantitative estimate of drug-likeness (QED) is 0.515. The normalized spacial score (nSPS) is 8.69. The van der Waals surface area contributed by atoms with E-state index in [1.807, 2.05) is 0 Å². The highest BCUT2D eigenvalue weighted by atomic mass is 16.5. The molecule has 0 saturated carbocycles. The van der Waals surface area contributed by atoms with E-state index in [4.69, 9.17) is 15.6 Å². The zero-order valence-electron chi connectivity index (χ0n) is 7.16. The molecule has 1 aromatic rings. The van der Waals surface area contributed by atoms with Crippen LogP contribution in [0, 0.1) is 11.8 Å². The number of hydrogen-bond donors (Lipinski definition) is 2. The average Bonchev–Trinajstić information content (AvgIpc) is 2.15. The third-order valence-electron chi connectivity index (χ3n) is 1.40. The van der Waals surface area contributed by atoms with Crippen LogP contribution in [0.3, 0.4) is 0 Å². The topological polar surface area (TPSA) is 55.5 Å². The van der Waals surface area contributed by atoms with Crippen LogP contribution < -0.4 is 10.5 Å². The Labute approximate surface area is 77.1 Å². The number of aliphatic hydroxyl groups is 1. The molecule has 0 aliphatic heterocycles. The molecule has 13 heavy (non-hydrogen) atoms. The first-order valence-corrected chi connectivity index (χ1v) is 3.88. The predicted octanol–water partition coefficient (Wildman–Crippen LogP) is 0.643. The summed E-state index contributed by atoms with van der Waals surface area (Å²) in [5.74, 6) is 5.85. The van der Waals surface area contributed by atoms with Crippen LogP contribution in [-0.4, -0.2) is 18.3 Å². The first-order valence-electron chi connectivity index (χ1n) is 3.88. The average molecular weight is 177 g/mol. The SMILES string of the molecule is Nc1ccc(OCC#CCO)cc1. The molecule has 0 spiro atoms. The first kappa shape index (κ1) is 9.43. The maximum Gasteiger partial charge on any atom is 0.149 e. The van der Waals surface area contributed by atoms with E-state index in [1.165, 1.54) is 0 Å². The number of anilines is 1. The Morgan fingerprint density at radius 3 is 2.54 bits per heavy atom. The van der Waals surface area contributed by atoms with Gasteiger partial charge in [-0.2, -0.15) is 0 Å². The van der Waals surface area contributed by atoms with Crippen LogP contribution >= 0.6 is 0 Å². The Bertz CT molecular complexity index is 308. The van der Waals surface area contributed by atoms with Gasteiger partial charge in [-0.25, -0.2) is 0 Å². The van der Waals surface area contributed by atoms with Gasteiger partial charge in [0.25, 0.3) is 0 Å². The van der Waals surface area contributed by atoms with E-state index >= 15 is 0 Å². The van der Waals surface area contributed by atoms with E-state index in [1.54, 1.807) is 24.3 Å². The number of aliphatic hydroxyl groups excluding tert-OH is 1. The third kappa shape index (κ3) is 3.50. The van der Waals surface area contributed by atoms with Gasteiger partial charge in [-0.15, -0.1) is 0 Å². The molecule has 3 N–H and O–H groups in total. The molecule has 68 valence electrons. The van der Waals surface area contributed by atoms with Gasteiger partial charge in [-0.1, -0.05) is 11.8 Å². The molecule has 3 nitrogen and oxygen atoms in total. The maximum atomic E-state index is 8.35. The number of rotatable bonds is 2. The minimum atomic E-state index is -0.134. The number of hydrogen-bond acceptors (Lipinski definition) is 3. The fraction of sp³-hybridized carbons (Fsp3) is 0.200. The number of nitrogen functional groups attached to an aromatic ring is 1. The van der Waals surface area contributed by atoms with E-state index in [0.29, 0.717) is 5.69 Å². The van der Waals surface area contributed by atoms with Crippen LogP contribution in [0.4, 0.5) is 5.69 Å². The predicted molar refractivity (Wildman–Crippen MR) is 51.2 cm³/mol. The highest BCUT2D eigenvalue weighted by molar-refractivity contribution is 5.41. The summed E-state index contributed by atoms with van der Waals surface area (Å²) >= 11 is 0. The van der Waals surface area contributed by atoms with E-state index in [2.05, 4.69) is 11.8 Å². The number of nitrogens with two attached hydrogens (primary N) is 1. The second kappa shape index (κ2) is 5.07. The fourth-order valence-corrected chi connectivity index (χ4v) is 0.790. The summed E-state index contributed by atoms with van der Waals surface area (Å²) in [5, 5.41) is 8.35. The van der Waals surface area contributed by atoms with Crippen LogP contribution in [0.15, 0.2) is 24.3 Å². The van der Waals surface area contributed by atoms with Crippen LogP contribution in [0.25, 0.3) is 0 Å². The third-order valence-corrected chi connectivity index (χ3v) is 1.40. The van der Waals surface area contributed by atoms with Crippen molar-refractivity contribution in [3.8, 4) is 17.6 Å². The first-order chi connectivity index (χ1) is 6.33. The fourth-order valence-electron chi connectivity index (χ4n) is 0.790. The van der Waals surface area contributed by atoms with Crippen molar-refractivity contribution < 1.29 is 9.84 Å². The summed E-state index contributed by atoms with van der Waals surface area (Å²) in [4.78, 5) is 0. The minimum Gasteiger partial charge on any atom is -0.481 e. The molecule has 0 aromatic heterocycles.